The molecule has 3 rings (SSSR count). The Morgan fingerprint density at radius 1 is 1.30 bits per heavy atom. The van der Waals surface area contributed by atoms with Gasteiger partial charge in [0, 0.05) is 6.04 Å². The van der Waals surface area contributed by atoms with Crippen LogP contribution in [0.25, 0.3) is 0 Å². The molecular weight excluding hydrogens is 242 g/mol. The van der Waals surface area contributed by atoms with Gasteiger partial charge in [0.05, 0.1) is 0 Å². The molecule has 1 aromatic rings. The molecule has 20 heavy (non-hydrogen) atoms. The van der Waals surface area contributed by atoms with E-state index in [0.29, 0.717) is 11.3 Å². The third-order valence-corrected chi connectivity index (χ3v) is 6.13. The minimum Gasteiger partial charge on any atom is -0.324 e. The molecule has 0 spiro atoms. The van der Waals surface area contributed by atoms with Crippen LogP contribution in [0.3, 0.4) is 0 Å². The summed E-state index contributed by atoms with van der Waals surface area (Å²) in [6.07, 6.45) is 5.26. The summed E-state index contributed by atoms with van der Waals surface area (Å²) in [5.41, 5.74) is 11.3. The van der Waals surface area contributed by atoms with Crippen molar-refractivity contribution in [3.05, 3.63) is 34.9 Å². The van der Waals surface area contributed by atoms with E-state index >= 15 is 0 Å². The van der Waals surface area contributed by atoms with Gasteiger partial charge in [0.15, 0.2) is 0 Å². The van der Waals surface area contributed by atoms with E-state index in [1.165, 1.54) is 36.8 Å². The van der Waals surface area contributed by atoms with Crippen LogP contribution >= 0.6 is 0 Å². The molecule has 0 aliphatic heterocycles. The van der Waals surface area contributed by atoms with Gasteiger partial charge in [-0.05, 0) is 52.7 Å². The smallest absolute Gasteiger partial charge is 0.0300 e. The molecule has 0 heterocycles. The number of nitrogens with two attached hydrogens (primary N) is 1. The van der Waals surface area contributed by atoms with Gasteiger partial charge in [0.25, 0.3) is 0 Å². The fourth-order valence-electron chi connectivity index (χ4n) is 4.80. The molecule has 0 aromatic heterocycles. The van der Waals surface area contributed by atoms with Crippen LogP contribution in [0.4, 0.5) is 0 Å². The summed E-state index contributed by atoms with van der Waals surface area (Å²) in [5.74, 6) is 2.17. The van der Waals surface area contributed by atoms with Crippen molar-refractivity contribution in [3.63, 3.8) is 0 Å². The van der Waals surface area contributed by atoms with E-state index < -0.39 is 0 Å². The Balaban J connectivity index is 2.10. The molecule has 0 bridgehead atoms. The summed E-state index contributed by atoms with van der Waals surface area (Å²) in [6, 6.07) is 7.37. The van der Waals surface area contributed by atoms with Crippen LogP contribution in [0.15, 0.2) is 18.2 Å². The van der Waals surface area contributed by atoms with Crippen molar-refractivity contribution in [2.24, 2.45) is 17.6 Å². The molecule has 0 radical (unpaired) electrons. The first-order valence-electron chi connectivity index (χ1n) is 8.33. The van der Waals surface area contributed by atoms with E-state index in [1.807, 2.05) is 0 Å². The highest BCUT2D eigenvalue weighted by molar-refractivity contribution is 5.43. The first kappa shape index (κ1) is 14.1. The number of hydrogen-bond donors (Lipinski definition) is 1. The van der Waals surface area contributed by atoms with E-state index in [9.17, 15) is 0 Å². The zero-order valence-electron chi connectivity index (χ0n) is 13.4. The van der Waals surface area contributed by atoms with Crippen molar-refractivity contribution < 1.29 is 0 Å². The van der Waals surface area contributed by atoms with Gasteiger partial charge in [0.2, 0.25) is 0 Å². The number of rotatable bonds is 1. The van der Waals surface area contributed by atoms with Crippen LogP contribution in [-0.2, 0) is 5.41 Å². The summed E-state index contributed by atoms with van der Waals surface area (Å²) in [5, 5.41) is 0. The van der Waals surface area contributed by atoms with Gasteiger partial charge >= 0.3 is 0 Å². The molecule has 1 saturated carbocycles. The molecule has 0 amide bonds. The predicted octanol–water partition coefficient (Wildman–Crippen LogP) is 4.91. The number of benzene rings is 1. The second kappa shape index (κ2) is 4.87. The van der Waals surface area contributed by atoms with Crippen LogP contribution in [0.2, 0.25) is 0 Å². The molecule has 0 saturated heterocycles. The second-order valence-corrected chi connectivity index (χ2v) is 7.74. The molecule has 2 aliphatic rings. The van der Waals surface area contributed by atoms with Gasteiger partial charge < -0.3 is 5.73 Å². The topological polar surface area (TPSA) is 26.0 Å². The summed E-state index contributed by atoms with van der Waals surface area (Å²) in [4.78, 5) is 0. The molecule has 2 aliphatic carbocycles. The van der Waals surface area contributed by atoms with Crippen LogP contribution < -0.4 is 5.73 Å². The Labute approximate surface area is 124 Å². The molecule has 1 heteroatoms. The largest absolute Gasteiger partial charge is 0.324 e. The first-order chi connectivity index (χ1) is 9.43. The highest BCUT2D eigenvalue weighted by atomic mass is 14.7. The number of fused-ring (bicyclic) bond motifs is 3. The van der Waals surface area contributed by atoms with Crippen LogP contribution in [0.1, 0.15) is 82.0 Å². The lowest BCUT2D eigenvalue weighted by Crippen LogP contribution is -2.45. The zero-order chi connectivity index (χ0) is 14.5. The normalized spacial score (nSPS) is 36.6. The fourth-order valence-corrected chi connectivity index (χ4v) is 4.80. The van der Waals surface area contributed by atoms with E-state index in [-0.39, 0.29) is 6.04 Å². The Hall–Kier alpha value is -0.820. The lowest BCUT2D eigenvalue weighted by Gasteiger charge is -2.51. The molecular formula is C19H29N. The maximum absolute atomic E-state index is 6.54. The minimum atomic E-state index is 0.238. The molecule has 4 atom stereocenters. The highest BCUT2D eigenvalue weighted by Crippen LogP contribution is 2.54. The molecule has 1 fully saturated rings. The van der Waals surface area contributed by atoms with Crippen molar-refractivity contribution in [2.75, 3.05) is 0 Å². The molecule has 1 nitrogen and oxygen atoms in total. The van der Waals surface area contributed by atoms with E-state index in [4.69, 9.17) is 5.73 Å². The molecule has 1 aromatic carbocycles. The fraction of sp³-hybridized carbons (Fsp3) is 0.684. The van der Waals surface area contributed by atoms with Gasteiger partial charge in [-0.25, -0.2) is 0 Å². The summed E-state index contributed by atoms with van der Waals surface area (Å²) in [6.45, 7) is 9.46. The lowest BCUT2D eigenvalue weighted by atomic mass is 9.54. The maximum atomic E-state index is 6.54. The second-order valence-electron chi connectivity index (χ2n) is 7.74. The van der Waals surface area contributed by atoms with Crippen LogP contribution in [-0.4, -0.2) is 0 Å². The Morgan fingerprint density at radius 3 is 2.75 bits per heavy atom. The predicted molar refractivity (Wildman–Crippen MR) is 85.9 cm³/mol. The molecule has 2 N–H and O–H groups in total. The Kier molecular flexibility index (Phi) is 3.44. The Morgan fingerprint density at radius 2 is 2.05 bits per heavy atom. The standard InChI is InChI=1S/C19H29N/c1-12(2)14-7-8-16-15(10-14)18(20)11-17-13(3)6-5-9-19(16,17)4/h7-8,10,12-13,17-18H,5-6,9,11,20H2,1-4H3. The summed E-state index contributed by atoms with van der Waals surface area (Å²) in [7, 11) is 0. The summed E-state index contributed by atoms with van der Waals surface area (Å²) < 4.78 is 0. The van der Waals surface area contributed by atoms with Gasteiger partial charge in [-0.1, -0.05) is 58.7 Å². The highest BCUT2D eigenvalue weighted by Gasteiger charge is 2.46. The SMILES string of the molecule is CC(C)c1ccc2c(c1)C(N)CC1C(C)CCCC21C. The van der Waals surface area contributed by atoms with E-state index in [0.717, 1.165) is 11.8 Å². The third-order valence-electron chi connectivity index (χ3n) is 6.13. The maximum Gasteiger partial charge on any atom is 0.0300 e. The van der Waals surface area contributed by atoms with Gasteiger partial charge in [-0.2, -0.15) is 0 Å². The lowest BCUT2D eigenvalue weighted by molar-refractivity contribution is 0.107. The van der Waals surface area contributed by atoms with Crippen molar-refractivity contribution in [2.45, 2.75) is 70.8 Å². The van der Waals surface area contributed by atoms with Crippen LogP contribution in [0.5, 0.6) is 0 Å². The Bertz CT molecular complexity index is 504. The summed E-state index contributed by atoms with van der Waals surface area (Å²) >= 11 is 0. The van der Waals surface area contributed by atoms with Crippen molar-refractivity contribution in [3.8, 4) is 0 Å². The first-order valence-corrected chi connectivity index (χ1v) is 8.33. The molecule has 4 unspecified atom stereocenters. The quantitative estimate of drug-likeness (QED) is 0.772. The average Bonchev–Trinajstić information content (AvgIpc) is 2.41. The van der Waals surface area contributed by atoms with Crippen molar-refractivity contribution >= 4 is 0 Å². The van der Waals surface area contributed by atoms with Gasteiger partial charge in [0.1, 0.15) is 0 Å². The third kappa shape index (κ3) is 2.02. The van der Waals surface area contributed by atoms with Crippen molar-refractivity contribution in [1.82, 2.24) is 0 Å². The van der Waals surface area contributed by atoms with Gasteiger partial charge in [-0.15, -0.1) is 0 Å². The van der Waals surface area contributed by atoms with E-state index in [1.54, 1.807) is 5.56 Å². The monoisotopic (exact) mass is 271 g/mol. The minimum absolute atomic E-state index is 0.238. The van der Waals surface area contributed by atoms with Crippen LogP contribution in [0, 0.1) is 11.8 Å². The van der Waals surface area contributed by atoms with Crippen molar-refractivity contribution in [1.29, 1.82) is 0 Å². The average molecular weight is 271 g/mol. The molecule has 110 valence electrons. The zero-order valence-corrected chi connectivity index (χ0v) is 13.4. The number of hydrogen-bond acceptors (Lipinski definition) is 1. The van der Waals surface area contributed by atoms with E-state index in [2.05, 4.69) is 45.9 Å². The van der Waals surface area contributed by atoms with Gasteiger partial charge in [-0.3, -0.25) is 0 Å².